The highest BCUT2D eigenvalue weighted by Gasteiger charge is 1.94. The van der Waals surface area contributed by atoms with Gasteiger partial charge in [-0.1, -0.05) is 28.1 Å². The topological polar surface area (TPSA) is 15.3 Å². The second-order valence-corrected chi connectivity index (χ2v) is 5.23. The molecule has 1 rings (SSSR count). The summed E-state index contributed by atoms with van der Waals surface area (Å²) in [6, 6.07) is 8.47. The minimum atomic E-state index is 0.968. The lowest BCUT2D eigenvalue weighted by Crippen LogP contribution is -2.18. The van der Waals surface area contributed by atoms with Crippen LogP contribution in [-0.4, -0.2) is 32.1 Å². The Hall–Kier alpha value is -0.380. The molecule has 0 saturated carbocycles. The fourth-order valence-electron chi connectivity index (χ4n) is 1.51. The molecule has 1 aromatic rings. The van der Waals surface area contributed by atoms with Gasteiger partial charge in [0, 0.05) is 11.0 Å². The minimum absolute atomic E-state index is 0.968. The van der Waals surface area contributed by atoms with Crippen LogP contribution in [0.2, 0.25) is 0 Å². The molecule has 0 aliphatic carbocycles. The van der Waals surface area contributed by atoms with Crippen molar-refractivity contribution in [3.8, 4) is 0 Å². The molecule has 0 heterocycles. The van der Waals surface area contributed by atoms with E-state index in [1.807, 2.05) is 0 Å². The number of nitrogens with one attached hydrogen (secondary N) is 1. The Morgan fingerprint density at radius 3 is 2.44 bits per heavy atom. The standard InChI is InChI=1S/C13H21BrN2/c1-16(2)10-4-3-9-15-11-12-5-7-13(14)8-6-12/h5-8,15H,3-4,9-11H2,1-2H3. The Morgan fingerprint density at radius 2 is 1.81 bits per heavy atom. The fraction of sp³-hybridized carbons (Fsp3) is 0.538. The van der Waals surface area contributed by atoms with Crippen molar-refractivity contribution < 1.29 is 0 Å². The molecule has 0 spiro atoms. The van der Waals surface area contributed by atoms with E-state index in [1.165, 1.54) is 24.9 Å². The van der Waals surface area contributed by atoms with Gasteiger partial charge in [-0.05, 0) is 57.7 Å². The number of benzene rings is 1. The zero-order valence-corrected chi connectivity index (χ0v) is 11.8. The predicted molar refractivity (Wildman–Crippen MR) is 73.6 cm³/mol. The summed E-state index contributed by atoms with van der Waals surface area (Å²) >= 11 is 3.44. The van der Waals surface area contributed by atoms with Crippen molar-refractivity contribution in [1.29, 1.82) is 0 Å². The van der Waals surface area contributed by atoms with Crippen LogP contribution in [0.3, 0.4) is 0 Å². The molecule has 90 valence electrons. The number of nitrogens with zero attached hydrogens (tertiary/aromatic N) is 1. The Labute approximate surface area is 107 Å². The second kappa shape index (κ2) is 7.82. The normalized spacial score (nSPS) is 11.0. The molecule has 0 aliphatic rings. The average molecular weight is 285 g/mol. The highest BCUT2D eigenvalue weighted by Crippen LogP contribution is 2.10. The third-order valence-electron chi connectivity index (χ3n) is 2.45. The van der Waals surface area contributed by atoms with Crippen LogP contribution >= 0.6 is 15.9 Å². The SMILES string of the molecule is CN(C)CCCCNCc1ccc(Br)cc1. The summed E-state index contributed by atoms with van der Waals surface area (Å²) in [6.45, 7) is 3.25. The van der Waals surface area contributed by atoms with Gasteiger partial charge in [0.15, 0.2) is 0 Å². The van der Waals surface area contributed by atoms with Crippen molar-refractivity contribution in [3.05, 3.63) is 34.3 Å². The first kappa shape index (κ1) is 13.7. The van der Waals surface area contributed by atoms with Gasteiger partial charge in [0.1, 0.15) is 0 Å². The Kier molecular flexibility index (Phi) is 6.69. The van der Waals surface area contributed by atoms with Gasteiger partial charge >= 0.3 is 0 Å². The van der Waals surface area contributed by atoms with Crippen LogP contribution in [-0.2, 0) is 6.54 Å². The van der Waals surface area contributed by atoms with E-state index in [0.29, 0.717) is 0 Å². The van der Waals surface area contributed by atoms with Gasteiger partial charge in [-0.15, -0.1) is 0 Å². The summed E-state index contributed by atoms with van der Waals surface area (Å²) < 4.78 is 1.14. The van der Waals surface area contributed by atoms with Gasteiger partial charge in [0.2, 0.25) is 0 Å². The quantitative estimate of drug-likeness (QED) is 0.775. The van der Waals surface area contributed by atoms with E-state index < -0.39 is 0 Å². The number of unbranched alkanes of at least 4 members (excludes halogenated alkanes) is 1. The monoisotopic (exact) mass is 284 g/mol. The summed E-state index contributed by atoms with van der Waals surface area (Å²) in [4.78, 5) is 2.23. The molecule has 0 aliphatic heterocycles. The highest BCUT2D eigenvalue weighted by molar-refractivity contribution is 9.10. The summed E-state index contributed by atoms with van der Waals surface area (Å²) in [7, 11) is 4.24. The number of halogens is 1. The summed E-state index contributed by atoms with van der Waals surface area (Å²) in [5.74, 6) is 0. The largest absolute Gasteiger partial charge is 0.313 e. The van der Waals surface area contributed by atoms with Crippen molar-refractivity contribution >= 4 is 15.9 Å². The number of rotatable bonds is 7. The van der Waals surface area contributed by atoms with Gasteiger partial charge < -0.3 is 10.2 Å². The Morgan fingerprint density at radius 1 is 1.12 bits per heavy atom. The fourth-order valence-corrected chi connectivity index (χ4v) is 1.78. The van der Waals surface area contributed by atoms with Gasteiger partial charge in [-0.2, -0.15) is 0 Å². The van der Waals surface area contributed by atoms with Crippen LogP contribution in [0, 0.1) is 0 Å². The Balaban J connectivity index is 2.05. The molecule has 2 nitrogen and oxygen atoms in total. The summed E-state index contributed by atoms with van der Waals surface area (Å²) in [5, 5.41) is 3.46. The molecule has 1 aromatic carbocycles. The van der Waals surface area contributed by atoms with Gasteiger partial charge in [0.05, 0.1) is 0 Å². The maximum absolute atomic E-state index is 3.46. The van der Waals surface area contributed by atoms with Crippen LogP contribution in [0.4, 0.5) is 0 Å². The van der Waals surface area contributed by atoms with Crippen LogP contribution < -0.4 is 5.32 Å². The first-order valence-electron chi connectivity index (χ1n) is 5.78. The molecule has 0 saturated heterocycles. The second-order valence-electron chi connectivity index (χ2n) is 4.31. The molecule has 0 fully saturated rings. The molecule has 16 heavy (non-hydrogen) atoms. The number of hydrogen-bond donors (Lipinski definition) is 1. The Bertz CT molecular complexity index is 282. The van der Waals surface area contributed by atoms with Gasteiger partial charge in [0.25, 0.3) is 0 Å². The predicted octanol–water partition coefficient (Wildman–Crippen LogP) is 2.88. The lowest BCUT2D eigenvalue weighted by molar-refractivity contribution is 0.391. The molecule has 0 unspecified atom stereocenters. The van der Waals surface area contributed by atoms with Crippen molar-refractivity contribution in [2.75, 3.05) is 27.2 Å². The van der Waals surface area contributed by atoms with E-state index in [1.54, 1.807) is 0 Å². The molecule has 0 bridgehead atoms. The smallest absolute Gasteiger partial charge is 0.0205 e. The zero-order valence-electron chi connectivity index (χ0n) is 10.2. The van der Waals surface area contributed by atoms with Crippen LogP contribution in [0.15, 0.2) is 28.7 Å². The molecular formula is C13H21BrN2. The first-order valence-corrected chi connectivity index (χ1v) is 6.57. The summed E-state index contributed by atoms with van der Waals surface area (Å²) in [5.41, 5.74) is 1.34. The molecule has 0 amide bonds. The first-order chi connectivity index (χ1) is 7.68. The molecule has 0 radical (unpaired) electrons. The molecule has 0 aromatic heterocycles. The minimum Gasteiger partial charge on any atom is -0.313 e. The molecule has 0 atom stereocenters. The van der Waals surface area contributed by atoms with E-state index in [0.717, 1.165) is 17.6 Å². The number of hydrogen-bond acceptors (Lipinski definition) is 2. The van der Waals surface area contributed by atoms with Gasteiger partial charge in [-0.25, -0.2) is 0 Å². The van der Waals surface area contributed by atoms with Crippen LogP contribution in [0.1, 0.15) is 18.4 Å². The molecule has 3 heteroatoms. The third kappa shape index (κ3) is 6.26. The van der Waals surface area contributed by atoms with Crippen molar-refractivity contribution in [1.82, 2.24) is 10.2 Å². The average Bonchev–Trinajstić information content (AvgIpc) is 2.25. The van der Waals surface area contributed by atoms with Crippen molar-refractivity contribution in [3.63, 3.8) is 0 Å². The zero-order chi connectivity index (χ0) is 11.8. The van der Waals surface area contributed by atoms with Crippen molar-refractivity contribution in [2.45, 2.75) is 19.4 Å². The van der Waals surface area contributed by atoms with Crippen molar-refractivity contribution in [2.24, 2.45) is 0 Å². The maximum atomic E-state index is 3.46. The van der Waals surface area contributed by atoms with Gasteiger partial charge in [-0.3, -0.25) is 0 Å². The molecule has 1 N–H and O–H groups in total. The van der Waals surface area contributed by atoms with E-state index >= 15 is 0 Å². The maximum Gasteiger partial charge on any atom is 0.0205 e. The van der Waals surface area contributed by atoms with Crippen LogP contribution in [0.5, 0.6) is 0 Å². The molecular weight excluding hydrogens is 264 g/mol. The summed E-state index contributed by atoms with van der Waals surface area (Å²) in [6.07, 6.45) is 2.51. The lowest BCUT2D eigenvalue weighted by atomic mass is 10.2. The van der Waals surface area contributed by atoms with E-state index in [2.05, 4.69) is 64.5 Å². The van der Waals surface area contributed by atoms with E-state index in [9.17, 15) is 0 Å². The van der Waals surface area contributed by atoms with E-state index in [4.69, 9.17) is 0 Å². The highest BCUT2D eigenvalue weighted by atomic mass is 79.9. The third-order valence-corrected chi connectivity index (χ3v) is 2.98. The lowest BCUT2D eigenvalue weighted by Gasteiger charge is -2.09. The van der Waals surface area contributed by atoms with Crippen LogP contribution in [0.25, 0.3) is 0 Å². The van der Waals surface area contributed by atoms with E-state index in [-0.39, 0.29) is 0 Å².